The molecule has 1 N–H and O–H groups in total. The largest absolute Gasteiger partial charge is 0.496 e. The van der Waals surface area contributed by atoms with Gasteiger partial charge in [-0.3, -0.25) is 0 Å². The lowest BCUT2D eigenvalue weighted by molar-refractivity contribution is 0.410. The van der Waals surface area contributed by atoms with Gasteiger partial charge in [-0.15, -0.1) is 0 Å². The molecule has 3 nitrogen and oxygen atoms in total. The summed E-state index contributed by atoms with van der Waals surface area (Å²) >= 11 is 0. The van der Waals surface area contributed by atoms with Crippen LogP contribution in [0.2, 0.25) is 0 Å². The molecule has 108 valence electrons. The molecule has 0 bridgehead atoms. The number of methoxy groups -OCH3 is 1. The molecule has 1 heterocycles. The summed E-state index contributed by atoms with van der Waals surface area (Å²) in [7, 11) is 3.72. The molecule has 0 saturated carbocycles. The van der Waals surface area contributed by atoms with E-state index in [2.05, 4.69) is 31.3 Å². The number of ether oxygens (including phenoxy) is 1. The summed E-state index contributed by atoms with van der Waals surface area (Å²) in [5, 5.41) is 3.40. The SMILES string of the molecule is CNC(CCc1ccco1)c1cc(C)c(OC)cc1C. The van der Waals surface area contributed by atoms with E-state index in [1.54, 1.807) is 13.4 Å². The topological polar surface area (TPSA) is 34.4 Å². The summed E-state index contributed by atoms with van der Waals surface area (Å²) in [6, 6.07) is 8.62. The molecule has 0 spiro atoms. The van der Waals surface area contributed by atoms with Gasteiger partial charge in [0, 0.05) is 12.5 Å². The molecule has 20 heavy (non-hydrogen) atoms. The van der Waals surface area contributed by atoms with Gasteiger partial charge in [-0.1, -0.05) is 6.07 Å². The third kappa shape index (κ3) is 3.23. The number of benzene rings is 1. The first-order valence-electron chi connectivity index (χ1n) is 7.00. The molecule has 0 aliphatic rings. The predicted molar refractivity (Wildman–Crippen MR) is 81.3 cm³/mol. The van der Waals surface area contributed by atoms with E-state index in [0.29, 0.717) is 6.04 Å². The Morgan fingerprint density at radius 2 is 2.05 bits per heavy atom. The number of hydrogen-bond donors (Lipinski definition) is 1. The standard InChI is InChI=1S/C17H23NO2/c1-12-11-17(19-4)13(2)10-15(12)16(18-3)8-7-14-6-5-9-20-14/h5-6,9-11,16,18H,7-8H2,1-4H3. The van der Waals surface area contributed by atoms with Crippen molar-refractivity contribution in [1.82, 2.24) is 5.32 Å². The molecule has 3 heteroatoms. The summed E-state index contributed by atoms with van der Waals surface area (Å²) in [6.07, 6.45) is 3.67. The third-order valence-corrected chi connectivity index (χ3v) is 3.77. The van der Waals surface area contributed by atoms with Crippen LogP contribution in [-0.2, 0) is 6.42 Å². The summed E-state index contributed by atoms with van der Waals surface area (Å²) in [5.41, 5.74) is 3.76. The van der Waals surface area contributed by atoms with Gasteiger partial charge in [0.25, 0.3) is 0 Å². The van der Waals surface area contributed by atoms with Gasteiger partial charge in [-0.2, -0.15) is 0 Å². The molecule has 0 amide bonds. The Labute approximate surface area is 121 Å². The van der Waals surface area contributed by atoms with Gasteiger partial charge >= 0.3 is 0 Å². The van der Waals surface area contributed by atoms with Gasteiger partial charge in [-0.25, -0.2) is 0 Å². The van der Waals surface area contributed by atoms with Crippen LogP contribution < -0.4 is 10.1 Å². The minimum Gasteiger partial charge on any atom is -0.496 e. The van der Waals surface area contributed by atoms with Crippen molar-refractivity contribution >= 4 is 0 Å². The van der Waals surface area contributed by atoms with E-state index in [9.17, 15) is 0 Å². The highest BCUT2D eigenvalue weighted by Crippen LogP contribution is 2.28. The number of nitrogens with one attached hydrogen (secondary N) is 1. The van der Waals surface area contributed by atoms with Crippen LogP contribution in [0, 0.1) is 13.8 Å². The monoisotopic (exact) mass is 273 g/mol. The minimum atomic E-state index is 0.324. The predicted octanol–water partition coefficient (Wildman–Crippen LogP) is 3.80. The first-order valence-corrected chi connectivity index (χ1v) is 7.00. The van der Waals surface area contributed by atoms with E-state index in [-0.39, 0.29) is 0 Å². The number of furan rings is 1. The molecule has 0 saturated heterocycles. The van der Waals surface area contributed by atoms with Crippen LogP contribution in [0.5, 0.6) is 5.75 Å². The highest BCUT2D eigenvalue weighted by Gasteiger charge is 2.14. The van der Waals surface area contributed by atoms with Crippen LogP contribution >= 0.6 is 0 Å². The van der Waals surface area contributed by atoms with E-state index < -0.39 is 0 Å². The quantitative estimate of drug-likeness (QED) is 0.869. The fourth-order valence-electron chi connectivity index (χ4n) is 2.60. The Balaban J connectivity index is 2.16. The maximum Gasteiger partial charge on any atom is 0.122 e. The van der Waals surface area contributed by atoms with Crippen LogP contribution in [0.1, 0.15) is 34.9 Å². The fourth-order valence-corrected chi connectivity index (χ4v) is 2.60. The highest BCUT2D eigenvalue weighted by atomic mass is 16.5. The fraction of sp³-hybridized carbons (Fsp3) is 0.412. The molecule has 2 rings (SSSR count). The highest BCUT2D eigenvalue weighted by molar-refractivity contribution is 5.42. The molecule has 1 unspecified atom stereocenters. The molecular weight excluding hydrogens is 250 g/mol. The maximum absolute atomic E-state index is 5.41. The average Bonchev–Trinajstić information content (AvgIpc) is 2.96. The third-order valence-electron chi connectivity index (χ3n) is 3.77. The normalized spacial score (nSPS) is 12.4. The van der Waals surface area contributed by atoms with Crippen molar-refractivity contribution in [3.8, 4) is 5.75 Å². The van der Waals surface area contributed by atoms with E-state index >= 15 is 0 Å². The van der Waals surface area contributed by atoms with Crippen LogP contribution in [0.4, 0.5) is 0 Å². The van der Waals surface area contributed by atoms with Crippen LogP contribution in [0.15, 0.2) is 34.9 Å². The summed E-state index contributed by atoms with van der Waals surface area (Å²) in [4.78, 5) is 0. The zero-order valence-electron chi connectivity index (χ0n) is 12.7. The van der Waals surface area contributed by atoms with E-state index in [0.717, 1.165) is 24.4 Å². The number of rotatable bonds is 6. The van der Waals surface area contributed by atoms with Crippen LogP contribution in [-0.4, -0.2) is 14.2 Å². The zero-order valence-corrected chi connectivity index (χ0v) is 12.7. The first kappa shape index (κ1) is 14.7. The van der Waals surface area contributed by atoms with E-state index in [1.165, 1.54) is 16.7 Å². The van der Waals surface area contributed by atoms with Gasteiger partial charge in [-0.05, 0) is 62.2 Å². The molecule has 1 atom stereocenters. The van der Waals surface area contributed by atoms with Gasteiger partial charge in [0.1, 0.15) is 11.5 Å². The van der Waals surface area contributed by atoms with E-state index in [1.807, 2.05) is 19.2 Å². The van der Waals surface area contributed by atoms with Crippen molar-refractivity contribution in [2.45, 2.75) is 32.7 Å². The summed E-state index contributed by atoms with van der Waals surface area (Å²) < 4.78 is 10.8. The Hall–Kier alpha value is -1.74. The second kappa shape index (κ2) is 6.62. The van der Waals surface area contributed by atoms with Gasteiger partial charge < -0.3 is 14.5 Å². The molecule has 0 fully saturated rings. The number of aryl methyl sites for hydroxylation is 3. The maximum atomic E-state index is 5.41. The Kier molecular flexibility index (Phi) is 4.85. The lowest BCUT2D eigenvalue weighted by Gasteiger charge is -2.20. The number of hydrogen-bond acceptors (Lipinski definition) is 3. The van der Waals surface area contributed by atoms with Crippen molar-refractivity contribution in [3.05, 3.63) is 53.0 Å². The average molecular weight is 273 g/mol. The van der Waals surface area contributed by atoms with Gasteiger partial charge in [0.2, 0.25) is 0 Å². The van der Waals surface area contributed by atoms with Crippen molar-refractivity contribution in [2.75, 3.05) is 14.2 Å². The molecule has 2 aromatic rings. The lowest BCUT2D eigenvalue weighted by atomic mass is 9.95. The van der Waals surface area contributed by atoms with E-state index in [4.69, 9.17) is 9.15 Å². The van der Waals surface area contributed by atoms with Crippen molar-refractivity contribution < 1.29 is 9.15 Å². The smallest absolute Gasteiger partial charge is 0.122 e. The first-order chi connectivity index (χ1) is 9.65. The molecule has 0 aliphatic heterocycles. The molecular formula is C17H23NO2. The second-order valence-electron chi connectivity index (χ2n) is 5.14. The summed E-state index contributed by atoms with van der Waals surface area (Å²) in [6.45, 7) is 4.22. The second-order valence-corrected chi connectivity index (χ2v) is 5.14. The lowest BCUT2D eigenvalue weighted by Crippen LogP contribution is -2.18. The van der Waals surface area contributed by atoms with Crippen LogP contribution in [0.3, 0.4) is 0 Å². The van der Waals surface area contributed by atoms with Crippen molar-refractivity contribution in [2.24, 2.45) is 0 Å². The minimum absolute atomic E-state index is 0.324. The van der Waals surface area contributed by atoms with Gasteiger partial charge in [0.05, 0.1) is 13.4 Å². The molecule has 0 aliphatic carbocycles. The van der Waals surface area contributed by atoms with Crippen LogP contribution in [0.25, 0.3) is 0 Å². The van der Waals surface area contributed by atoms with Gasteiger partial charge in [0.15, 0.2) is 0 Å². The van der Waals surface area contributed by atoms with Crippen molar-refractivity contribution in [3.63, 3.8) is 0 Å². The van der Waals surface area contributed by atoms with Crippen molar-refractivity contribution in [1.29, 1.82) is 0 Å². The Bertz CT molecular complexity index is 546. The molecule has 0 radical (unpaired) electrons. The zero-order chi connectivity index (χ0) is 14.5. The molecule has 1 aromatic heterocycles. The molecule has 1 aromatic carbocycles. The Morgan fingerprint density at radius 3 is 2.65 bits per heavy atom. The summed E-state index contributed by atoms with van der Waals surface area (Å²) in [5.74, 6) is 1.99. The Morgan fingerprint density at radius 1 is 1.25 bits per heavy atom.